The number of benzene rings is 2. The van der Waals surface area contributed by atoms with Crippen LogP contribution in [0.3, 0.4) is 0 Å². The Morgan fingerprint density at radius 1 is 1.03 bits per heavy atom. The lowest BCUT2D eigenvalue weighted by molar-refractivity contribution is -0.137. The van der Waals surface area contributed by atoms with Crippen molar-refractivity contribution in [2.24, 2.45) is 0 Å². The van der Waals surface area contributed by atoms with Gasteiger partial charge in [-0.1, -0.05) is 31.7 Å². The van der Waals surface area contributed by atoms with Crippen LogP contribution in [0, 0.1) is 13.8 Å². The number of aromatic nitrogens is 3. The Hall–Kier alpha value is -4.67. The molecule has 0 spiro atoms. The topological polar surface area (TPSA) is 97.5 Å². The van der Waals surface area contributed by atoms with Crippen LogP contribution >= 0.6 is 0 Å². The molecule has 2 amide bonds. The maximum absolute atomic E-state index is 13.9. The number of carbonyl (C=O) groups excluding carboxylic acids is 2. The zero-order valence-electron chi connectivity index (χ0n) is 21.5. The largest absolute Gasteiger partial charge is 0.416 e. The van der Waals surface area contributed by atoms with E-state index in [-0.39, 0.29) is 23.6 Å². The summed E-state index contributed by atoms with van der Waals surface area (Å²) < 4.78 is 41.5. The molecule has 2 N–H and O–H groups in total. The molecule has 0 atom stereocenters. The summed E-state index contributed by atoms with van der Waals surface area (Å²) in [7, 11) is 0. The molecule has 0 aliphatic rings. The normalized spacial score (nSPS) is 11.4. The van der Waals surface area contributed by atoms with Gasteiger partial charge in [-0.3, -0.25) is 14.4 Å². The van der Waals surface area contributed by atoms with E-state index in [9.17, 15) is 27.6 Å². The molecule has 4 aromatic rings. The van der Waals surface area contributed by atoms with Crippen LogP contribution in [0.5, 0.6) is 0 Å². The summed E-state index contributed by atoms with van der Waals surface area (Å²) in [6.45, 7) is 8.58. The Labute approximate surface area is 221 Å². The monoisotopic (exact) mass is 537 g/mol. The molecule has 0 saturated carbocycles. The minimum atomic E-state index is -4.48. The van der Waals surface area contributed by atoms with Crippen LogP contribution in [0.1, 0.15) is 29.6 Å². The van der Waals surface area contributed by atoms with Crippen molar-refractivity contribution in [1.82, 2.24) is 14.0 Å². The fourth-order valence-electron chi connectivity index (χ4n) is 4.34. The number of halogens is 3. The summed E-state index contributed by atoms with van der Waals surface area (Å²) in [4.78, 5) is 43.5. The lowest BCUT2D eigenvalue weighted by Crippen LogP contribution is -2.23. The number of nitrogens with zero attached hydrogens (tertiary/aromatic N) is 3. The van der Waals surface area contributed by atoms with E-state index in [1.54, 1.807) is 42.7 Å². The molecular weight excluding hydrogens is 511 g/mol. The van der Waals surface area contributed by atoms with Crippen molar-refractivity contribution in [3.05, 3.63) is 94.2 Å². The van der Waals surface area contributed by atoms with E-state index in [4.69, 9.17) is 4.98 Å². The predicted molar refractivity (Wildman–Crippen MR) is 143 cm³/mol. The van der Waals surface area contributed by atoms with Gasteiger partial charge < -0.3 is 15.2 Å². The summed E-state index contributed by atoms with van der Waals surface area (Å²) in [6, 6.07) is 11.0. The predicted octanol–water partition coefficient (Wildman–Crippen LogP) is 5.12. The average Bonchev–Trinajstić information content (AvgIpc) is 3.13. The molecule has 0 fully saturated rings. The van der Waals surface area contributed by atoms with Gasteiger partial charge in [-0.25, -0.2) is 9.38 Å². The fraction of sp³-hybridized carbons (Fsp3) is 0.214. The number of nitrogens with one attached hydrogen (secondary N) is 2. The number of rotatable bonds is 7. The third-order valence-corrected chi connectivity index (χ3v) is 6.42. The van der Waals surface area contributed by atoms with E-state index < -0.39 is 23.6 Å². The molecule has 2 heterocycles. The number of anilines is 2. The quantitative estimate of drug-likeness (QED) is 0.320. The number of para-hydroxylation sites is 1. The number of aryl methyl sites for hydroxylation is 2. The highest BCUT2D eigenvalue weighted by Gasteiger charge is 2.30. The van der Waals surface area contributed by atoms with Gasteiger partial charge in [0.15, 0.2) is 0 Å². The van der Waals surface area contributed by atoms with Crippen molar-refractivity contribution in [3.63, 3.8) is 0 Å². The summed E-state index contributed by atoms with van der Waals surface area (Å²) in [5.74, 6) is -0.665. The first kappa shape index (κ1) is 27.4. The van der Waals surface area contributed by atoms with Crippen LogP contribution in [-0.2, 0) is 28.7 Å². The van der Waals surface area contributed by atoms with Gasteiger partial charge in [-0.2, -0.15) is 13.2 Å². The molecule has 2 aromatic heterocycles. The fourth-order valence-corrected chi connectivity index (χ4v) is 4.34. The Balaban J connectivity index is 1.75. The smallest absolute Gasteiger partial charge is 0.325 e. The van der Waals surface area contributed by atoms with Crippen LogP contribution < -0.4 is 16.2 Å². The Kier molecular flexibility index (Phi) is 7.44. The maximum atomic E-state index is 13.9. The summed E-state index contributed by atoms with van der Waals surface area (Å²) in [5.41, 5.74) is 1.95. The van der Waals surface area contributed by atoms with Crippen molar-refractivity contribution >= 4 is 29.0 Å². The minimum Gasteiger partial charge on any atom is -0.325 e. The zero-order chi connectivity index (χ0) is 28.5. The first-order valence-corrected chi connectivity index (χ1v) is 12.1. The number of hydrogen-bond donors (Lipinski definition) is 2. The highest BCUT2D eigenvalue weighted by atomic mass is 19.4. The Bertz CT molecular complexity index is 1650. The van der Waals surface area contributed by atoms with E-state index in [0.717, 1.165) is 18.2 Å². The van der Waals surface area contributed by atoms with Crippen LogP contribution in [0.4, 0.5) is 24.5 Å². The van der Waals surface area contributed by atoms with E-state index in [1.165, 1.54) is 16.5 Å². The van der Waals surface area contributed by atoms with E-state index in [0.29, 0.717) is 40.3 Å². The van der Waals surface area contributed by atoms with Crippen molar-refractivity contribution in [2.75, 3.05) is 10.6 Å². The van der Waals surface area contributed by atoms with Crippen molar-refractivity contribution in [3.8, 4) is 11.1 Å². The van der Waals surface area contributed by atoms with Crippen molar-refractivity contribution < 1.29 is 22.8 Å². The van der Waals surface area contributed by atoms with Gasteiger partial charge in [0.05, 0.1) is 16.8 Å². The molecular formula is C28H26F3N5O3. The van der Waals surface area contributed by atoms with Gasteiger partial charge in [0, 0.05) is 28.3 Å². The lowest BCUT2D eigenvalue weighted by atomic mass is 10.0. The number of fused-ring (bicyclic) bond motifs is 1. The molecule has 39 heavy (non-hydrogen) atoms. The summed E-state index contributed by atoms with van der Waals surface area (Å²) in [5, 5.41) is 5.32. The second-order valence-electron chi connectivity index (χ2n) is 8.85. The number of hydrogen-bond acceptors (Lipinski definition) is 4. The van der Waals surface area contributed by atoms with Crippen molar-refractivity contribution in [2.45, 2.75) is 39.9 Å². The molecule has 0 bridgehead atoms. The molecule has 2 aromatic carbocycles. The van der Waals surface area contributed by atoms with Gasteiger partial charge in [-0.05, 0) is 56.7 Å². The molecule has 0 aliphatic carbocycles. The first-order valence-electron chi connectivity index (χ1n) is 12.1. The third-order valence-electron chi connectivity index (χ3n) is 6.42. The third kappa shape index (κ3) is 5.33. The number of amides is 2. The molecule has 202 valence electrons. The molecule has 11 heteroatoms. The molecule has 0 unspecified atom stereocenters. The molecule has 4 rings (SSSR count). The SMILES string of the molecule is C=CC(=O)Nc1ccccc1-c1c(CC)nc2n(CC(=O)Nc3ccc(C(F)(F)F)cc3)c(C)c(C)n2c1=O. The summed E-state index contributed by atoms with van der Waals surface area (Å²) in [6.07, 6.45) is -2.95. The average molecular weight is 538 g/mol. The van der Waals surface area contributed by atoms with E-state index >= 15 is 0 Å². The van der Waals surface area contributed by atoms with Gasteiger partial charge in [-0.15, -0.1) is 0 Å². The van der Waals surface area contributed by atoms with Crippen LogP contribution in [0.15, 0.2) is 66.0 Å². The molecule has 0 aliphatic heterocycles. The van der Waals surface area contributed by atoms with Crippen LogP contribution in [0.2, 0.25) is 0 Å². The Morgan fingerprint density at radius 3 is 2.31 bits per heavy atom. The van der Waals surface area contributed by atoms with Crippen LogP contribution in [0.25, 0.3) is 16.9 Å². The van der Waals surface area contributed by atoms with Crippen molar-refractivity contribution in [1.29, 1.82) is 0 Å². The highest BCUT2D eigenvalue weighted by Crippen LogP contribution is 2.31. The van der Waals surface area contributed by atoms with Gasteiger partial charge in [0.1, 0.15) is 6.54 Å². The second kappa shape index (κ2) is 10.6. The first-order chi connectivity index (χ1) is 18.5. The van der Waals surface area contributed by atoms with Gasteiger partial charge in [0.25, 0.3) is 5.56 Å². The molecule has 8 nitrogen and oxygen atoms in total. The van der Waals surface area contributed by atoms with Gasteiger partial charge in [0.2, 0.25) is 17.6 Å². The van der Waals surface area contributed by atoms with Crippen LogP contribution in [-0.4, -0.2) is 25.8 Å². The van der Waals surface area contributed by atoms with E-state index in [2.05, 4.69) is 17.2 Å². The lowest BCUT2D eigenvalue weighted by Gasteiger charge is -2.14. The second-order valence-corrected chi connectivity index (χ2v) is 8.85. The van der Waals surface area contributed by atoms with E-state index in [1.807, 2.05) is 6.92 Å². The van der Waals surface area contributed by atoms with Gasteiger partial charge >= 0.3 is 6.18 Å². The maximum Gasteiger partial charge on any atom is 0.416 e. The molecule has 0 saturated heterocycles. The number of carbonyl (C=O) groups is 2. The molecule has 0 radical (unpaired) electrons. The number of alkyl halides is 3. The minimum absolute atomic E-state index is 0.207. The zero-order valence-corrected chi connectivity index (χ0v) is 21.5. The Morgan fingerprint density at radius 2 is 1.69 bits per heavy atom. The number of imidazole rings is 1. The summed E-state index contributed by atoms with van der Waals surface area (Å²) >= 11 is 0. The standard InChI is InChI=1S/C28H26F3N5O3/c1-5-21-25(20-9-7-8-10-22(20)33-23(37)6-2)26(39)36-17(4)16(3)35(27(36)34-21)15-24(38)32-19-13-11-18(12-14-19)28(29,30)31/h6-14H,2,5,15H2,1,3-4H3,(H,32,38)(H,33,37). The highest BCUT2D eigenvalue weighted by molar-refractivity contribution is 6.01.